The van der Waals surface area contributed by atoms with Crippen LogP contribution in [0.15, 0.2) is 53.9 Å². The van der Waals surface area contributed by atoms with Crippen molar-refractivity contribution in [3.8, 4) is 0 Å². The van der Waals surface area contributed by atoms with Crippen LogP contribution in [0.4, 0.5) is 10.1 Å². The van der Waals surface area contributed by atoms with Crippen molar-refractivity contribution < 1.29 is 18.7 Å². The minimum absolute atomic E-state index is 0.0335. The molecule has 1 fully saturated rings. The molecule has 1 aromatic heterocycles. The summed E-state index contributed by atoms with van der Waals surface area (Å²) in [5.74, 6) is -0.838. The highest BCUT2D eigenvalue weighted by Gasteiger charge is 2.44. The molecule has 0 bridgehead atoms. The number of rotatable bonds is 7. The Kier molecular flexibility index (Phi) is 6.65. The number of amides is 1. The molecule has 32 heavy (non-hydrogen) atoms. The maximum absolute atomic E-state index is 13.8. The summed E-state index contributed by atoms with van der Waals surface area (Å²) >= 11 is 1.36. The number of halogens is 1. The van der Waals surface area contributed by atoms with Gasteiger partial charge in [0.05, 0.1) is 17.5 Å². The number of carbonyl (C=O) groups is 2. The first-order valence-electron chi connectivity index (χ1n) is 10.7. The van der Waals surface area contributed by atoms with Crippen molar-refractivity contribution in [2.24, 2.45) is 0 Å². The molecule has 1 amide bonds. The van der Waals surface area contributed by atoms with Gasteiger partial charge < -0.3 is 10.1 Å². The number of para-hydroxylation sites is 1. The van der Waals surface area contributed by atoms with E-state index in [1.807, 2.05) is 31.2 Å². The molecule has 2 aromatic carbocycles. The van der Waals surface area contributed by atoms with Crippen molar-refractivity contribution in [3.05, 3.63) is 81.6 Å². The summed E-state index contributed by atoms with van der Waals surface area (Å²) in [6, 6.07) is 13.8. The molecule has 4 rings (SSSR count). The molecule has 0 unspecified atom stereocenters. The van der Waals surface area contributed by atoms with Crippen molar-refractivity contribution >= 4 is 28.9 Å². The molecule has 1 N–H and O–H groups in total. The molecular weight excluding hydrogens is 427 g/mol. The Bertz CT molecular complexity index is 1120. The molecule has 1 aliphatic rings. The van der Waals surface area contributed by atoms with Gasteiger partial charge in [0.15, 0.2) is 0 Å². The first kappa shape index (κ1) is 22.1. The number of esters is 1. The second kappa shape index (κ2) is 9.61. The van der Waals surface area contributed by atoms with Crippen LogP contribution in [0, 0.1) is 12.7 Å². The molecule has 7 heteroatoms. The van der Waals surface area contributed by atoms with Gasteiger partial charge in [0.2, 0.25) is 5.91 Å². The van der Waals surface area contributed by atoms with Crippen molar-refractivity contribution in [2.45, 2.75) is 51.0 Å². The summed E-state index contributed by atoms with van der Waals surface area (Å²) < 4.78 is 19.4. The van der Waals surface area contributed by atoms with E-state index in [1.165, 1.54) is 23.5 Å². The van der Waals surface area contributed by atoms with Gasteiger partial charge in [-0.3, -0.25) is 9.59 Å². The number of anilines is 1. The number of hydrogen-bond donors (Lipinski definition) is 1. The molecule has 0 spiro atoms. The largest absolute Gasteiger partial charge is 0.458 e. The van der Waals surface area contributed by atoms with Gasteiger partial charge >= 0.3 is 5.97 Å². The molecule has 1 heterocycles. The van der Waals surface area contributed by atoms with Gasteiger partial charge in [-0.1, -0.05) is 43.2 Å². The fourth-order valence-corrected chi connectivity index (χ4v) is 4.97. The van der Waals surface area contributed by atoms with Crippen LogP contribution < -0.4 is 5.32 Å². The van der Waals surface area contributed by atoms with Crippen LogP contribution in [0.3, 0.4) is 0 Å². The molecule has 0 aliphatic heterocycles. The molecule has 1 aliphatic carbocycles. The maximum Gasteiger partial charge on any atom is 0.316 e. The Morgan fingerprint density at radius 2 is 1.94 bits per heavy atom. The highest BCUT2D eigenvalue weighted by molar-refractivity contribution is 7.09. The van der Waals surface area contributed by atoms with Crippen LogP contribution in [-0.2, 0) is 32.8 Å². The summed E-state index contributed by atoms with van der Waals surface area (Å²) in [7, 11) is 0. The molecule has 0 radical (unpaired) electrons. The number of aryl methyl sites for hydroxylation is 1. The summed E-state index contributed by atoms with van der Waals surface area (Å²) in [4.78, 5) is 29.8. The highest BCUT2D eigenvalue weighted by atomic mass is 32.1. The summed E-state index contributed by atoms with van der Waals surface area (Å²) in [5, 5.41) is 5.35. The van der Waals surface area contributed by atoms with Crippen molar-refractivity contribution in [3.63, 3.8) is 0 Å². The van der Waals surface area contributed by atoms with E-state index in [9.17, 15) is 14.0 Å². The lowest BCUT2D eigenvalue weighted by Crippen LogP contribution is -2.34. The standard InChI is InChI=1S/C25H25FN2O3S/c1-17-7-2-3-10-21(17)28-22(29)14-23-27-20(16-32-23)15-31-24(30)25(11-4-5-12-25)18-8-6-9-19(26)13-18/h2-3,6-10,13,16H,4-5,11-12,14-15H2,1H3,(H,28,29). The number of thiazole rings is 1. The number of benzene rings is 2. The smallest absolute Gasteiger partial charge is 0.316 e. The van der Waals surface area contributed by atoms with Gasteiger partial charge in [0, 0.05) is 11.1 Å². The van der Waals surface area contributed by atoms with Gasteiger partial charge in [-0.05, 0) is 49.1 Å². The van der Waals surface area contributed by atoms with Crippen LogP contribution in [0.2, 0.25) is 0 Å². The van der Waals surface area contributed by atoms with Crippen molar-refractivity contribution in [2.75, 3.05) is 5.32 Å². The second-order valence-corrected chi connectivity index (χ2v) is 9.09. The average molecular weight is 453 g/mol. The van der Waals surface area contributed by atoms with Gasteiger partial charge in [0.1, 0.15) is 17.4 Å². The number of aromatic nitrogens is 1. The van der Waals surface area contributed by atoms with E-state index < -0.39 is 5.41 Å². The lowest BCUT2D eigenvalue weighted by Gasteiger charge is -2.27. The van der Waals surface area contributed by atoms with Crippen molar-refractivity contribution in [1.29, 1.82) is 0 Å². The summed E-state index contributed by atoms with van der Waals surface area (Å²) in [6.07, 6.45) is 3.26. The zero-order chi connectivity index (χ0) is 22.6. The number of nitrogens with one attached hydrogen (secondary N) is 1. The Labute approximate surface area is 190 Å². The fraction of sp³-hybridized carbons (Fsp3) is 0.320. The van der Waals surface area contributed by atoms with Crippen LogP contribution >= 0.6 is 11.3 Å². The van der Waals surface area contributed by atoms with Gasteiger partial charge in [-0.25, -0.2) is 9.37 Å². The normalized spacial score (nSPS) is 14.8. The first-order valence-corrected chi connectivity index (χ1v) is 11.6. The third kappa shape index (κ3) is 4.88. The minimum Gasteiger partial charge on any atom is -0.458 e. The third-order valence-corrected chi connectivity index (χ3v) is 6.80. The number of nitrogens with zero attached hydrogens (tertiary/aromatic N) is 1. The Hall–Kier alpha value is -3.06. The first-order chi connectivity index (χ1) is 15.5. The Morgan fingerprint density at radius 3 is 2.69 bits per heavy atom. The molecule has 0 atom stereocenters. The van der Waals surface area contributed by atoms with Crippen molar-refractivity contribution in [1.82, 2.24) is 4.98 Å². The summed E-state index contributed by atoms with van der Waals surface area (Å²) in [6.45, 7) is 1.97. The lowest BCUT2D eigenvalue weighted by molar-refractivity contribution is -0.152. The zero-order valence-electron chi connectivity index (χ0n) is 17.9. The molecule has 0 saturated heterocycles. The van der Waals surface area contributed by atoms with E-state index in [2.05, 4.69) is 10.3 Å². The van der Waals surface area contributed by atoms with E-state index in [4.69, 9.17) is 4.74 Å². The van der Waals surface area contributed by atoms with Gasteiger partial charge in [-0.2, -0.15) is 0 Å². The zero-order valence-corrected chi connectivity index (χ0v) is 18.7. The fourth-order valence-electron chi connectivity index (χ4n) is 4.19. The Morgan fingerprint density at radius 1 is 1.16 bits per heavy atom. The van der Waals surface area contributed by atoms with E-state index in [0.29, 0.717) is 29.1 Å². The number of carbonyl (C=O) groups excluding carboxylic acids is 2. The number of ether oxygens (including phenoxy) is 1. The van der Waals surface area contributed by atoms with Crippen LogP contribution in [-0.4, -0.2) is 16.9 Å². The maximum atomic E-state index is 13.8. The second-order valence-electron chi connectivity index (χ2n) is 8.15. The van der Waals surface area contributed by atoms with E-state index >= 15 is 0 Å². The minimum atomic E-state index is -0.797. The Balaban J connectivity index is 1.37. The quantitative estimate of drug-likeness (QED) is 0.492. The third-order valence-electron chi connectivity index (χ3n) is 5.91. The van der Waals surface area contributed by atoms with Crippen LogP contribution in [0.5, 0.6) is 0 Å². The molecule has 166 valence electrons. The number of hydrogen-bond acceptors (Lipinski definition) is 5. The summed E-state index contributed by atoms with van der Waals surface area (Å²) in [5.41, 5.74) is 2.25. The SMILES string of the molecule is Cc1ccccc1NC(=O)Cc1nc(COC(=O)C2(c3cccc(F)c3)CCCC2)cs1. The molecular formula is C25H25FN2O3S. The van der Waals surface area contributed by atoms with Crippen LogP contribution in [0.1, 0.15) is 47.5 Å². The molecule has 1 saturated carbocycles. The molecule has 3 aromatic rings. The average Bonchev–Trinajstić information content (AvgIpc) is 3.44. The van der Waals surface area contributed by atoms with Gasteiger partial charge in [0.25, 0.3) is 0 Å². The lowest BCUT2D eigenvalue weighted by atomic mass is 9.79. The van der Waals surface area contributed by atoms with E-state index in [-0.39, 0.29) is 30.7 Å². The topological polar surface area (TPSA) is 68.3 Å². The van der Waals surface area contributed by atoms with E-state index in [0.717, 1.165) is 24.1 Å². The highest BCUT2D eigenvalue weighted by Crippen LogP contribution is 2.42. The molecule has 5 nitrogen and oxygen atoms in total. The monoisotopic (exact) mass is 452 g/mol. The predicted octanol–water partition coefficient (Wildman–Crippen LogP) is 5.33. The predicted molar refractivity (Wildman–Crippen MR) is 122 cm³/mol. The van der Waals surface area contributed by atoms with E-state index in [1.54, 1.807) is 17.5 Å². The van der Waals surface area contributed by atoms with Crippen LogP contribution in [0.25, 0.3) is 0 Å². The van der Waals surface area contributed by atoms with Gasteiger partial charge in [-0.15, -0.1) is 11.3 Å².